The lowest BCUT2D eigenvalue weighted by Gasteiger charge is -2.34. The third-order valence-electron chi connectivity index (χ3n) is 6.19. The van der Waals surface area contributed by atoms with E-state index >= 15 is 0 Å². The molecule has 2 aliphatic heterocycles. The van der Waals surface area contributed by atoms with Crippen LogP contribution in [-0.2, 0) is 14.8 Å². The second-order valence-corrected chi connectivity index (χ2v) is 10.3. The molecule has 0 radical (unpaired) electrons. The van der Waals surface area contributed by atoms with Gasteiger partial charge in [0.05, 0.1) is 11.2 Å². The van der Waals surface area contributed by atoms with Gasteiger partial charge in [-0.15, -0.1) is 0 Å². The van der Waals surface area contributed by atoms with Crippen molar-refractivity contribution in [3.8, 4) is 0 Å². The van der Waals surface area contributed by atoms with E-state index in [1.54, 1.807) is 31.2 Å². The van der Waals surface area contributed by atoms with Crippen molar-refractivity contribution >= 4 is 27.5 Å². The average molecular weight is 460 g/mol. The minimum absolute atomic E-state index is 0.204. The number of rotatable bonds is 5. The number of sulfonamides is 1. The van der Waals surface area contributed by atoms with Gasteiger partial charge in [-0.1, -0.05) is 12.5 Å². The zero-order chi connectivity index (χ0) is 22.7. The Hall–Kier alpha value is -2.65. The van der Waals surface area contributed by atoms with E-state index in [2.05, 4.69) is 5.32 Å². The number of benzene rings is 1. The predicted molar refractivity (Wildman–Crippen MR) is 120 cm³/mol. The summed E-state index contributed by atoms with van der Waals surface area (Å²) in [6.07, 6.45) is 6.38. The average Bonchev–Trinajstić information content (AvgIpc) is 3.35. The highest BCUT2D eigenvalue weighted by Gasteiger charge is 2.34. The number of hydrogen-bond donors (Lipinski definition) is 1. The molecule has 0 saturated carbocycles. The number of carbonyl (C=O) groups is 2. The van der Waals surface area contributed by atoms with Crippen LogP contribution >= 0.6 is 0 Å². The van der Waals surface area contributed by atoms with Crippen molar-refractivity contribution in [1.82, 2.24) is 9.21 Å². The molecule has 172 valence electrons. The number of aryl methyl sites for hydroxylation is 1. The summed E-state index contributed by atoms with van der Waals surface area (Å²) in [6.45, 7) is 3.27. The van der Waals surface area contributed by atoms with Crippen LogP contribution in [0, 0.1) is 6.92 Å². The van der Waals surface area contributed by atoms with E-state index in [4.69, 9.17) is 4.42 Å². The van der Waals surface area contributed by atoms with Crippen molar-refractivity contribution in [2.45, 2.75) is 56.4 Å². The van der Waals surface area contributed by atoms with Crippen molar-refractivity contribution in [2.75, 3.05) is 25.0 Å². The first kappa shape index (κ1) is 22.5. The predicted octanol–water partition coefficient (Wildman–Crippen LogP) is 3.40. The highest BCUT2D eigenvalue weighted by molar-refractivity contribution is 7.89. The standard InChI is InChI=1S/C23H29N3O5S/c1-17-10-11-18(16-21(17)32(29,30)25-12-4-2-5-13-25)24-22(27)19-8-3-6-14-26(19)23(28)20-9-7-15-31-20/h7,9-11,15-16,19H,2-6,8,12-14H2,1H3,(H,24,27). The largest absolute Gasteiger partial charge is 0.459 e. The fraction of sp³-hybridized carbons (Fsp3) is 0.478. The summed E-state index contributed by atoms with van der Waals surface area (Å²) in [6, 6.07) is 7.53. The summed E-state index contributed by atoms with van der Waals surface area (Å²) in [5.41, 5.74) is 1.05. The van der Waals surface area contributed by atoms with E-state index in [1.165, 1.54) is 21.5 Å². The van der Waals surface area contributed by atoms with E-state index in [-0.39, 0.29) is 22.5 Å². The molecule has 0 bridgehead atoms. The van der Waals surface area contributed by atoms with E-state index < -0.39 is 16.1 Å². The van der Waals surface area contributed by atoms with Crippen LogP contribution in [0.15, 0.2) is 45.9 Å². The molecule has 0 aliphatic carbocycles. The molecule has 1 aromatic carbocycles. The number of likely N-dealkylation sites (tertiary alicyclic amines) is 1. The van der Waals surface area contributed by atoms with Crippen LogP contribution in [0.1, 0.15) is 54.6 Å². The lowest BCUT2D eigenvalue weighted by Crippen LogP contribution is -2.49. The van der Waals surface area contributed by atoms with Crippen LogP contribution in [0.3, 0.4) is 0 Å². The summed E-state index contributed by atoms with van der Waals surface area (Å²) in [5, 5.41) is 2.84. The van der Waals surface area contributed by atoms with Gasteiger partial charge in [0.1, 0.15) is 6.04 Å². The fourth-order valence-corrected chi connectivity index (χ4v) is 6.18. The summed E-state index contributed by atoms with van der Waals surface area (Å²) in [7, 11) is -3.62. The number of amides is 2. The maximum atomic E-state index is 13.2. The van der Waals surface area contributed by atoms with Crippen LogP contribution in [-0.4, -0.2) is 55.1 Å². The SMILES string of the molecule is Cc1ccc(NC(=O)C2CCCCN2C(=O)c2ccco2)cc1S(=O)(=O)N1CCCCC1. The highest BCUT2D eigenvalue weighted by atomic mass is 32.2. The van der Waals surface area contributed by atoms with Gasteiger partial charge in [-0.25, -0.2) is 8.42 Å². The molecular weight excluding hydrogens is 430 g/mol. The molecule has 8 nitrogen and oxygen atoms in total. The van der Waals surface area contributed by atoms with Crippen LogP contribution in [0.5, 0.6) is 0 Å². The van der Waals surface area contributed by atoms with Gasteiger partial charge in [-0.2, -0.15) is 4.31 Å². The molecule has 2 aliphatic rings. The van der Waals surface area contributed by atoms with Gasteiger partial charge in [-0.3, -0.25) is 9.59 Å². The molecule has 1 aromatic heterocycles. The lowest BCUT2D eigenvalue weighted by molar-refractivity contribution is -0.121. The Morgan fingerprint density at radius 3 is 2.50 bits per heavy atom. The van der Waals surface area contributed by atoms with Crippen molar-refractivity contribution < 1.29 is 22.4 Å². The van der Waals surface area contributed by atoms with E-state index in [1.807, 2.05) is 0 Å². The van der Waals surface area contributed by atoms with Gasteiger partial charge in [0.25, 0.3) is 5.91 Å². The van der Waals surface area contributed by atoms with Gasteiger partial charge < -0.3 is 14.6 Å². The van der Waals surface area contributed by atoms with Crippen LogP contribution in [0.25, 0.3) is 0 Å². The zero-order valence-corrected chi connectivity index (χ0v) is 19.1. The molecule has 1 unspecified atom stereocenters. The van der Waals surface area contributed by atoms with Crippen molar-refractivity contribution in [3.05, 3.63) is 47.9 Å². The maximum absolute atomic E-state index is 13.2. The first-order chi connectivity index (χ1) is 15.4. The Bertz CT molecular complexity index is 1080. The summed E-state index contributed by atoms with van der Waals surface area (Å²) >= 11 is 0. The van der Waals surface area contributed by atoms with Gasteiger partial charge >= 0.3 is 0 Å². The Kier molecular flexibility index (Phi) is 6.66. The smallest absolute Gasteiger partial charge is 0.290 e. The van der Waals surface area contributed by atoms with E-state index in [0.717, 1.165) is 32.1 Å². The van der Waals surface area contributed by atoms with Gasteiger partial charge in [-0.05, 0) is 68.9 Å². The third-order valence-corrected chi connectivity index (χ3v) is 8.23. The van der Waals surface area contributed by atoms with Crippen molar-refractivity contribution in [1.29, 1.82) is 0 Å². The first-order valence-corrected chi connectivity index (χ1v) is 12.6. The van der Waals surface area contributed by atoms with Crippen LogP contribution in [0.2, 0.25) is 0 Å². The molecule has 4 rings (SSSR count). The topological polar surface area (TPSA) is 99.9 Å². The number of furan rings is 1. The second-order valence-electron chi connectivity index (χ2n) is 8.42. The van der Waals surface area contributed by atoms with E-state index in [9.17, 15) is 18.0 Å². The molecule has 2 amide bonds. The number of carbonyl (C=O) groups excluding carboxylic acids is 2. The zero-order valence-electron chi connectivity index (χ0n) is 18.2. The Balaban J connectivity index is 1.54. The molecule has 9 heteroatoms. The normalized spacial score (nSPS) is 20.2. The molecule has 2 fully saturated rings. The minimum atomic E-state index is -3.62. The third kappa shape index (κ3) is 4.59. The van der Waals surface area contributed by atoms with Crippen molar-refractivity contribution in [2.24, 2.45) is 0 Å². The second kappa shape index (κ2) is 9.46. The molecule has 1 N–H and O–H groups in total. The monoisotopic (exact) mass is 459 g/mol. The summed E-state index contributed by atoms with van der Waals surface area (Å²) in [4.78, 5) is 27.7. The highest BCUT2D eigenvalue weighted by Crippen LogP contribution is 2.27. The molecule has 32 heavy (non-hydrogen) atoms. The van der Waals surface area contributed by atoms with Crippen molar-refractivity contribution in [3.63, 3.8) is 0 Å². The maximum Gasteiger partial charge on any atom is 0.290 e. The van der Waals surface area contributed by atoms with Gasteiger partial charge in [0.2, 0.25) is 15.9 Å². The number of nitrogens with zero attached hydrogens (tertiary/aromatic N) is 2. The molecule has 3 heterocycles. The number of nitrogens with one attached hydrogen (secondary N) is 1. The quantitative estimate of drug-likeness (QED) is 0.739. The van der Waals surface area contributed by atoms with Crippen LogP contribution in [0.4, 0.5) is 5.69 Å². The van der Waals surface area contributed by atoms with Crippen LogP contribution < -0.4 is 5.32 Å². The Labute approximate surface area is 188 Å². The molecule has 0 spiro atoms. The number of anilines is 1. The summed E-state index contributed by atoms with van der Waals surface area (Å²) < 4.78 is 33.1. The fourth-order valence-electron chi connectivity index (χ4n) is 4.41. The first-order valence-electron chi connectivity index (χ1n) is 11.1. The van der Waals surface area contributed by atoms with E-state index in [0.29, 0.717) is 37.3 Å². The lowest BCUT2D eigenvalue weighted by atomic mass is 10.0. The number of piperidine rings is 2. The van der Waals surface area contributed by atoms with Gasteiger partial charge in [0.15, 0.2) is 5.76 Å². The molecule has 1 atom stereocenters. The molecule has 2 saturated heterocycles. The molecule has 2 aromatic rings. The minimum Gasteiger partial charge on any atom is -0.459 e. The Morgan fingerprint density at radius 1 is 1.03 bits per heavy atom. The Morgan fingerprint density at radius 2 is 1.78 bits per heavy atom. The van der Waals surface area contributed by atoms with Gasteiger partial charge in [0, 0.05) is 25.3 Å². The number of hydrogen-bond acceptors (Lipinski definition) is 5. The summed E-state index contributed by atoms with van der Waals surface area (Å²) in [5.74, 6) is -0.433. The molecular formula is C23H29N3O5S.